The Kier molecular flexibility index (Phi) is 10.9. The lowest BCUT2D eigenvalue weighted by molar-refractivity contribution is -0.137. The van der Waals surface area contributed by atoms with E-state index in [4.69, 9.17) is 15.1 Å². The Morgan fingerprint density at radius 3 is 1.79 bits per heavy atom. The lowest BCUT2D eigenvalue weighted by Crippen LogP contribution is -2.02. The van der Waals surface area contributed by atoms with Gasteiger partial charge in [0, 0.05) is 52.7 Å². The molecule has 7 N–H and O–H groups in total. The molecule has 3 aromatic rings. The number of nitrogens with one attached hydrogen (secondary N) is 2. The van der Waals surface area contributed by atoms with E-state index >= 15 is 0 Å². The van der Waals surface area contributed by atoms with Crippen LogP contribution in [0.5, 0.6) is 0 Å². The molecule has 11 nitrogen and oxygen atoms in total. The summed E-state index contributed by atoms with van der Waals surface area (Å²) in [5.74, 6) is -1.83. The molecular weight excluding hydrogens is 600 g/mol. The third-order valence-electron chi connectivity index (χ3n) is 8.65. The lowest BCUT2D eigenvalue weighted by Gasteiger charge is -2.07. The largest absolute Gasteiger partial charge is 0.481 e. The fourth-order valence-electron chi connectivity index (χ4n) is 6.31. The topological polar surface area (TPSA) is 193 Å². The summed E-state index contributed by atoms with van der Waals surface area (Å²) >= 11 is 0. The standard InChI is InChI=1S/C34H38N4O6.C2H6O/c1-15-21(7-9-31(41)42)27-14-28-22(8-10-32(43)44)16(2)24(36-28)12-29-34(20(6)40)18(4)26(38-29)13-30-33(19(5)39)17(3)25(37-30)11-23(15)35-27;1-2-3/h11-14,19-20,36-37,39-40H,7-10H2,1-6H3,(H,41,42)(H,43,44);3H,2H2,1H3. The number of aliphatic carboxylic acids is 2. The average molecular weight is 645 g/mol. The predicted molar refractivity (Wildman–Crippen MR) is 183 cm³/mol. The number of hydrogen-bond acceptors (Lipinski definition) is 7. The maximum atomic E-state index is 11.6. The quantitative estimate of drug-likeness (QED) is 0.152. The van der Waals surface area contributed by atoms with Crippen LogP contribution >= 0.6 is 0 Å². The van der Waals surface area contributed by atoms with Crippen LogP contribution in [-0.4, -0.2) is 70.1 Å². The van der Waals surface area contributed by atoms with Crippen molar-refractivity contribution in [3.8, 4) is 0 Å². The highest BCUT2D eigenvalue weighted by atomic mass is 16.4. The Balaban J connectivity index is 0.00000160. The van der Waals surface area contributed by atoms with Gasteiger partial charge in [0.15, 0.2) is 0 Å². The maximum absolute atomic E-state index is 11.6. The maximum Gasteiger partial charge on any atom is 0.303 e. The molecule has 0 aliphatic carbocycles. The van der Waals surface area contributed by atoms with Gasteiger partial charge in [-0.1, -0.05) is 0 Å². The van der Waals surface area contributed by atoms with Gasteiger partial charge in [0.1, 0.15) is 0 Å². The predicted octanol–water partition coefficient (Wildman–Crippen LogP) is 6.11. The second-order valence-electron chi connectivity index (χ2n) is 12.0. The smallest absolute Gasteiger partial charge is 0.303 e. The van der Waals surface area contributed by atoms with Crippen molar-refractivity contribution in [1.82, 2.24) is 19.9 Å². The number of aryl methyl sites for hydroxylation is 3. The SMILES string of the molecule is CC1=C(CCC(=O)O)c2cc3[nH]c(cc4nc(cc5[nH]c(cc1n2)c(C)c5C(C)O)C(C)=C4C(C)O)c(C)c3CCC(=O)O.CCO. The number of fused-ring (bicyclic) bond motifs is 8. The van der Waals surface area contributed by atoms with Crippen molar-refractivity contribution in [1.29, 1.82) is 0 Å². The van der Waals surface area contributed by atoms with E-state index in [0.717, 1.165) is 50.0 Å². The van der Waals surface area contributed by atoms with Crippen molar-refractivity contribution in [3.63, 3.8) is 0 Å². The molecule has 0 spiro atoms. The van der Waals surface area contributed by atoms with Gasteiger partial charge in [-0.2, -0.15) is 0 Å². The number of H-pyrrole nitrogens is 2. The van der Waals surface area contributed by atoms with E-state index in [1.54, 1.807) is 20.8 Å². The number of aliphatic hydroxyl groups is 3. The molecule has 47 heavy (non-hydrogen) atoms. The highest BCUT2D eigenvalue weighted by Crippen LogP contribution is 2.37. The van der Waals surface area contributed by atoms with Gasteiger partial charge in [-0.25, -0.2) is 9.97 Å². The van der Waals surface area contributed by atoms with Crippen molar-refractivity contribution in [2.75, 3.05) is 6.61 Å². The zero-order valence-electron chi connectivity index (χ0n) is 27.9. The van der Waals surface area contributed by atoms with E-state index in [1.807, 2.05) is 52.0 Å². The molecule has 5 rings (SSSR count). The number of nitrogens with zero attached hydrogens (tertiary/aromatic N) is 2. The molecule has 0 aromatic carbocycles. The van der Waals surface area contributed by atoms with Crippen LogP contribution in [0, 0.1) is 13.8 Å². The molecule has 2 aliphatic rings. The summed E-state index contributed by atoms with van der Waals surface area (Å²) in [4.78, 5) is 39.8. The van der Waals surface area contributed by atoms with Gasteiger partial charge >= 0.3 is 11.9 Å². The van der Waals surface area contributed by atoms with Crippen molar-refractivity contribution in [2.24, 2.45) is 0 Å². The van der Waals surface area contributed by atoms with Gasteiger partial charge in [-0.15, -0.1) is 0 Å². The molecule has 3 aromatic heterocycles. The first-order valence-corrected chi connectivity index (χ1v) is 15.7. The molecule has 0 saturated heterocycles. The summed E-state index contributed by atoms with van der Waals surface area (Å²) in [6.45, 7) is 13.0. The fourth-order valence-corrected chi connectivity index (χ4v) is 6.31. The number of hydrogen-bond donors (Lipinski definition) is 7. The molecule has 8 bridgehead atoms. The number of carboxylic acids is 2. The zero-order chi connectivity index (χ0) is 34.7. The Morgan fingerprint density at radius 1 is 0.702 bits per heavy atom. The minimum absolute atomic E-state index is 0.0665. The number of aromatic nitrogens is 4. The molecule has 2 unspecified atom stereocenters. The fraction of sp³-hybridized carbons (Fsp3) is 0.389. The van der Waals surface area contributed by atoms with E-state index < -0.39 is 24.1 Å². The van der Waals surface area contributed by atoms with E-state index in [2.05, 4.69) is 9.97 Å². The van der Waals surface area contributed by atoms with Gasteiger partial charge in [0.05, 0.1) is 35.0 Å². The lowest BCUT2D eigenvalue weighted by atomic mass is 9.99. The van der Waals surface area contributed by atoms with E-state index in [1.165, 1.54) is 0 Å². The first-order chi connectivity index (χ1) is 22.2. The van der Waals surface area contributed by atoms with Crippen molar-refractivity contribution < 1.29 is 35.1 Å². The van der Waals surface area contributed by atoms with Crippen LogP contribution in [0.3, 0.4) is 0 Å². The van der Waals surface area contributed by atoms with Crippen LogP contribution in [0.2, 0.25) is 0 Å². The molecule has 0 amide bonds. The van der Waals surface area contributed by atoms with Crippen LogP contribution in [0.15, 0.2) is 24.3 Å². The van der Waals surface area contributed by atoms with Gasteiger partial charge < -0.3 is 35.5 Å². The summed E-state index contributed by atoms with van der Waals surface area (Å²) in [6, 6.07) is 7.51. The van der Waals surface area contributed by atoms with Crippen molar-refractivity contribution in [2.45, 2.75) is 86.4 Å². The van der Waals surface area contributed by atoms with E-state index in [9.17, 15) is 30.0 Å². The number of carbonyl (C=O) groups is 2. The van der Waals surface area contributed by atoms with Crippen LogP contribution in [-0.2, 0) is 16.0 Å². The molecule has 250 valence electrons. The molecule has 2 aliphatic heterocycles. The zero-order valence-corrected chi connectivity index (χ0v) is 27.9. The Morgan fingerprint density at radius 2 is 1.19 bits per heavy atom. The minimum Gasteiger partial charge on any atom is -0.481 e. The summed E-state index contributed by atoms with van der Waals surface area (Å²) in [6.07, 6.45) is -1.16. The Hall–Kier alpha value is -4.58. The third kappa shape index (κ3) is 7.38. The highest BCUT2D eigenvalue weighted by Gasteiger charge is 2.23. The average Bonchev–Trinajstić information content (AvgIpc) is 3.64. The first-order valence-electron chi connectivity index (χ1n) is 15.7. The third-order valence-corrected chi connectivity index (χ3v) is 8.65. The van der Waals surface area contributed by atoms with E-state index in [-0.39, 0.29) is 32.3 Å². The second kappa shape index (κ2) is 14.5. The van der Waals surface area contributed by atoms with Crippen LogP contribution in [0.4, 0.5) is 0 Å². The van der Waals surface area contributed by atoms with Gasteiger partial charge in [0.2, 0.25) is 0 Å². The molecule has 5 heterocycles. The van der Waals surface area contributed by atoms with Gasteiger partial charge in [-0.05, 0) is 119 Å². The summed E-state index contributed by atoms with van der Waals surface area (Å²) < 4.78 is 0. The summed E-state index contributed by atoms with van der Waals surface area (Å²) in [7, 11) is 0. The van der Waals surface area contributed by atoms with Crippen LogP contribution in [0.25, 0.3) is 44.4 Å². The molecule has 0 radical (unpaired) electrons. The molecule has 11 heteroatoms. The first kappa shape index (κ1) is 35.3. The number of rotatable bonds is 8. The number of carboxylic acid groups (broad SMARTS) is 2. The Bertz CT molecular complexity index is 1940. The van der Waals surface area contributed by atoms with E-state index in [0.29, 0.717) is 39.4 Å². The monoisotopic (exact) mass is 644 g/mol. The summed E-state index contributed by atoms with van der Waals surface area (Å²) in [5, 5.41) is 48.1. The normalized spacial score (nSPS) is 14.2. The molecule has 0 saturated carbocycles. The molecule has 0 fully saturated rings. The number of aliphatic hydroxyl groups excluding tert-OH is 3. The number of allylic oxidation sites excluding steroid dienone is 3. The highest BCUT2D eigenvalue weighted by molar-refractivity contribution is 5.96. The van der Waals surface area contributed by atoms with Crippen LogP contribution in [0.1, 0.15) is 105 Å². The Labute approximate surface area is 273 Å². The summed E-state index contributed by atoms with van der Waals surface area (Å²) in [5.41, 5.74) is 11.7. The second-order valence-corrected chi connectivity index (χ2v) is 12.0. The van der Waals surface area contributed by atoms with Gasteiger partial charge in [-0.3, -0.25) is 9.59 Å². The van der Waals surface area contributed by atoms with Crippen molar-refractivity contribution >= 4 is 56.3 Å². The minimum atomic E-state index is -0.914. The van der Waals surface area contributed by atoms with Crippen molar-refractivity contribution in [3.05, 3.63) is 69.3 Å². The number of aromatic amines is 2. The van der Waals surface area contributed by atoms with Crippen LogP contribution < -0.4 is 0 Å². The van der Waals surface area contributed by atoms with Gasteiger partial charge in [0.25, 0.3) is 0 Å². The molecular formula is C36H44N4O7. The molecule has 2 atom stereocenters.